The number of nitriles is 1. The quantitative estimate of drug-likeness (QED) is 0.681. The normalized spacial score (nSPS) is 11.3. The van der Waals surface area contributed by atoms with Gasteiger partial charge in [-0.05, 0) is 43.7 Å². The SMILES string of the molecule is Cc1cc(/C=C(/C#N)C(N)=O)c(C)n1Cc1ccco1. The molecule has 5 heteroatoms. The number of primary amides is 1. The van der Waals surface area contributed by atoms with Gasteiger partial charge in [0.15, 0.2) is 0 Å². The summed E-state index contributed by atoms with van der Waals surface area (Å²) in [5.41, 5.74) is 7.88. The van der Waals surface area contributed by atoms with E-state index in [-0.39, 0.29) is 5.57 Å². The maximum Gasteiger partial charge on any atom is 0.259 e. The Hall–Kier alpha value is -2.74. The minimum Gasteiger partial charge on any atom is -0.467 e. The van der Waals surface area contributed by atoms with E-state index in [1.54, 1.807) is 6.26 Å². The first-order valence-corrected chi connectivity index (χ1v) is 6.13. The Kier molecular flexibility index (Phi) is 3.76. The third-order valence-corrected chi connectivity index (χ3v) is 3.19. The maximum atomic E-state index is 11.1. The van der Waals surface area contributed by atoms with Gasteiger partial charge in [0.25, 0.3) is 5.91 Å². The molecular formula is C15H15N3O2. The van der Waals surface area contributed by atoms with E-state index in [1.807, 2.05) is 38.1 Å². The first kappa shape index (κ1) is 13.7. The summed E-state index contributed by atoms with van der Waals surface area (Å²) in [6.45, 7) is 4.50. The van der Waals surface area contributed by atoms with E-state index in [0.717, 1.165) is 22.7 Å². The number of rotatable bonds is 4. The summed E-state index contributed by atoms with van der Waals surface area (Å²) in [5, 5.41) is 8.89. The monoisotopic (exact) mass is 269 g/mol. The fraction of sp³-hybridized carbons (Fsp3) is 0.200. The number of carbonyl (C=O) groups excluding carboxylic acids is 1. The van der Waals surface area contributed by atoms with Crippen molar-refractivity contribution < 1.29 is 9.21 Å². The first-order chi connectivity index (χ1) is 9.52. The molecule has 0 saturated heterocycles. The van der Waals surface area contributed by atoms with Crippen LogP contribution in [-0.2, 0) is 11.3 Å². The van der Waals surface area contributed by atoms with Crippen LogP contribution in [0.5, 0.6) is 0 Å². The van der Waals surface area contributed by atoms with Gasteiger partial charge < -0.3 is 14.7 Å². The molecule has 0 aromatic carbocycles. The van der Waals surface area contributed by atoms with Crippen molar-refractivity contribution in [3.63, 3.8) is 0 Å². The predicted molar refractivity (Wildman–Crippen MR) is 74.5 cm³/mol. The molecule has 2 rings (SSSR count). The molecule has 2 aromatic rings. The van der Waals surface area contributed by atoms with Gasteiger partial charge in [0.05, 0.1) is 12.8 Å². The highest BCUT2D eigenvalue weighted by molar-refractivity contribution is 6.00. The molecule has 2 N–H and O–H groups in total. The lowest BCUT2D eigenvalue weighted by molar-refractivity contribution is -0.114. The van der Waals surface area contributed by atoms with E-state index in [2.05, 4.69) is 4.57 Å². The average Bonchev–Trinajstić information content (AvgIpc) is 3.00. The number of nitrogens with two attached hydrogens (primary N) is 1. The van der Waals surface area contributed by atoms with Crippen LogP contribution in [0.4, 0.5) is 0 Å². The van der Waals surface area contributed by atoms with Crippen LogP contribution in [-0.4, -0.2) is 10.5 Å². The van der Waals surface area contributed by atoms with Crippen molar-refractivity contribution in [2.45, 2.75) is 20.4 Å². The highest BCUT2D eigenvalue weighted by atomic mass is 16.3. The van der Waals surface area contributed by atoms with E-state index in [9.17, 15) is 4.79 Å². The minimum absolute atomic E-state index is 0.0525. The Morgan fingerprint density at radius 2 is 2.30 bits per heavy atom. The summed E-state index contributed by atoms with van der Waals surface area (Å²) in [6.07, 6.45) is 3.15. The van der Waals surface area contributed by atoms with Gasteiger partial charge in [0.1, 0.15) is 17.4 Å². The van der Waals surface area contributed by atoms with Crippen molar-refractivity contribution in [1.29, 1.82) is 5.26 Å². The fourth-order valence-electron chi connectivity index (χ4n) is 2.09. The molecule has 0 aliphatic rings. The molecule has 0 radical (unpaired) electrons. The molecule has 1 amide bonds. The summed E-state index contributed by atoms with van der Waals surface area (Å²) in [4.78, 5) is 11.1. The van der Waals surface area contributed by atoms with Crippen LogP contribution >= 0.6 is 0 Å². The first-order valence-electron chi connectivity index (χ1n) is 6.13. The summed E-state index contributed by atoms with van der Waals surface area (Å²) in [7, 11) is 0. The van der Waals surface area contributed by atoms with Crippen molar-refractivity contribution in [2.75, 3.05) is 0 Å². The molecule has 20 heavy (non-hydrogen) atoms. The van der Waals surface area contributed by atoms with Crippen LogP contribution in [0.1, 0.15) is 22.7 Å². The number of hydrogen-bond acceptors (Lipinski definition) is 3. The number of carbonyl (C=O) groups is 1. The fourth-order valence-corrected chi connectivity index (χ4v) is 2.09. The van der Waals surface area contributed by atoms with Crippen molar-refractivity contribution in [3.05, 3.63) is 52.7 Å². The van der Waals surface area contributed by atoms with Crippen molar-refractivity contribution in [1.82, 2.24) is 4.57 Å². The van der Waals surface area contributed by atoms with E-state index in [1.165, 1.54) is 6.08 Å². The Labute approximate surface area is 116 Å². The lowest BCUT2D eigenvalue weighted by atomic mass is 10.1. The van der Waals surface area contributed by atoms with Gasteiger partial charge in [0.2, 0.25) is 0 Å². The Morgan fingerprint density at radius 1 is 1.55 bits per heavy atom. The Balaban J connectivity index is 2.39. The van der Waals surface area contributed by atoms with Gasteiger partial charge in [0, 0.05) is 11.4 Å². The second-order valence-electron chi connectivity index (χ2n) is 4.53. The van der Waals surface area contributed by atoms with Crippen LogP contribution in [0.15, 0.2) is 34.5 Å². The molecule has 102 valence electrons. The summed E-state index contributed by atoms with van der Waals surface area (Å²) in [5.74, 6) is 0.126. The number of hydrogen-bond donors (Lipinski definition) is 1. The van der Waals surface area contributed by atoms with Crippen LogP contribution in [0, 0.1) is 25.2 Å². The van der Waals surface area contributed by atoms with Crippen LogP contribution in [0.3, 0.4) is 0 Å². The maximum absolute atomic E-state index is 11.1. The number of furan rings is 1. The summed E-state index contributed by atoms with van der Waals surface area (Å²) >= 11 is 0. The standard InChI is InChI=1S/C15H15N3O2/c1-10-6-12(7-13(8-16)15(17)19)11(2)18(10)9-14-4-3-5-20-14/h3-7H,9H2,1-2H3,(H2,17,19)/b13-7-. The van der Waals surface area contributed by atoms with Crippen molar-refractivity contribution in [2.24, 2.45) is 5.73 Å². The number of nitrogens with zero attached hydrogens (tertiary/aromatic N) is 2. The number of amides is 1. The minimum atomic E-state index is -0.719. The molecule has 0 atom stereocenters. The van der Waals surface area contributed by atoms with Gasteiger partial charge >= 0.3 is 0 Å². The highest BCUT2D eigenvalue weighted by Crippen LogP contribution is 2.19. The topological polar surface area (TPSA) is 85.0 Å². The smallest absolute Gasteiger partial charge is 0.259 e. The zero-order valence-electron chi connectivity index (χ0n) is 11.4. The van der Waals surface area contributed by atoms with E-state index < -0.39 is 5.91 Å². The molecule has 0 saturated carbocycles. The van der Waals surface area contributed by atoms with Gasteiger partial charge in [-0.3, -0.25) is 4.79 Å². The van der Waals surface area contributed by atoms with Crippen LogP contribution in [0.2, 0.25) is 0 Å². The van der Waals surface area contributed by atoms with Gasteiger partial charge in [-0.2, -0.15) is 5.26 Å². The molecule has 0 bridgehead atoms. The molecule has 0 fully saturated rings. The van der Waals surface area contributed by atoms with Gasteiger partial charge in [-0.25, -0.2) is 0 Å². The third-order valence-electron chi connectivity index (χ3n) is 3.19. The molecule has 2 heterocycles. The molecule has 0 aliphatic carbocycles. The van der Waals surface area contributed by atoms with Gasteiger partial charge in [-0.1, -0.05) is 0 Å². The molecule has 2 aromatic heterocycles. The van der Waals surface area contributed by atoms with Crippen LogP contribution < -0.4 is 5.73 Å². The molecular weight excluding hydrogens is 254 g/mol. The zero-order valence-corrected chi connectivity index (χ0v) is 11.4. The Bertz CT molecular complexity index is 700. The third kappa shape index (κ3) is 2.64. The summed E-state index contributed by atoms with van der Waals surface area (Å²) in [6, 6.07) is 7.47. The lowest BCUT2D eigenvalue weighted by Gasteiger charge is -2.07. The zero-order chi connectivity index (χ0) is 14.7. The summed E-state index contributed by atoms with van der Waals surface area (Å²) < 4.78 is 7.39. The molecule has 0 spiro atoms. The molecule has 0 aliphatic heterocycles. The number of aromatic nitrogens is 1. The lowest BCUT2D eigenvalue weighted by Crippen LogP contribution is -2.12. The largest absolute Gasteiger partial charge is 0.467 e. The van der Waals surface area contributed by atoms with E-state index >= 15 is 0 Å². The van der Waals surface area contributed by atoms with Crippen molar-refractivity contribution in [3.8, 4) is 6.07 Å². The second-order valence-corrected chi connectivity index (χ2v) is 4.53. The second kappa shape index (κ2) is 5.49. The van der Waals surface area contributed by atoms with Crippen LogP contribution in [0.25, 0.3) is 6.08 Å². The predicted octanol–water partition coefficient (Wildman–Crippen LogP) is 2.14. The van der Waals surface area contributed by atoms with E-state index in [0.29, 0.717) is 6.54 Å². The Morgan fingerprint density at radius 3 is 2.85 bits per heavy atom. The van der Waals surface area contributed by atoms with Crippen molar-refractivity contribution >= 4 is 12.0 Å². The molecule has 0 unspecified atom stereocenters. The van der Waals surface area contributed by atoms with E-state index in [4.69, 9.17) is 15.4 Å². The average molecular weight is 269 g/mol. The number of aryl methyl sites for hydroxylation is 1. The molecule has 5 nitrogen and oxygen atoms in total. The van der Waals surface area contributed by atoms with Gasteiger partial charge in [-0.15, -0.1) is 0 Å². The highest BCUT2D eigenvalue weighted by Gasteiger charge is 2.11.